The molecule has 1 amide bonds. The SMILES string of the molecule is O=C(O)C1CC2CN(C(=O)O)N1C2. The van der Waals surface area contributed by atoms with Gasteiger partial charge < -0.3 is 10.2 Å². The van der Waals surface area contributed by atoms with Crippen LogP contribution in [0.15, 0.2) is 0 Å². The number of hydrogen-bond donors (Lipinski definition) is 2. The van der Waals surface area contributed by atoms with Gasteiger partial charge in [-0.3, -0.25) is 4.79 Å². The number of nitrogens with zero attached hydrogens (tertiary/aromatic N) is 2. The van der Waals surface area contributed by atoms with Crippen LogP contribution in [0.2, 0.25) is 0 Å². The summed E-state index contributed by atoms with van der Waals surface area (Å²) in [4.78, 5) is 21.3. The average molecular weight is 186 g/mol. The predicted octanol–water partition coefficient (Wildman–Crippen LogP) is -0.330. The molecule has 0 saturated carbocycles. The van der Waals surface area contributed by atoms with Gasteiger partial charge in [0.05, 0.1) is 0 Å². The summed E-state index contributed by atoms with van der Waals surface area (Å²) in [6, 6.07) is -0.644. The highest BCUT2D eigenvalue weighted by Gasteiger charge is 2.48. The second kappa shape index (κ2) is 2.59. The number of carboxylic acid groups (broad SMARTS) is 2. The van der Waals surface area contributed by atoms with Gasteiger partial charge in [-0.1, -0.05) is 0 Å². The van der Waals surface area contributed by atoms with E-state index in [-0.39, 0.29) is 5.92 Å². The minimum atomic E-state index is -1.06. The van der Waals surface area contributed by atoms with E-state index < -0.39 is 18.1 Å². The highest BCUT2D eigenvalue weighted by molar-refractivity contribution is 5.75. The fraction of sp³-hybridized carbons (Fsp3) is 0.714. The molecule has 3 unspecified atom stereocenters. The van der Waals surface area contributed by atoms with Crippen LogP contribution >= 0.6 is 0 Å². The third kappa shape index (κ3) is 1.14. The first-order valence-corrected chi connectivity index (χ1v) is 4.09. The van der Waals surface area contributed by atoms with Crippen molar-refractivity contribution in [2.75, 3.05) is 13.1 Å². The molecule has 0 aromatic rings. The highest BCUT2D eigenvalue weighted by Crippen LogP contribution is 2.32. The van der Waals surface area contributed by atoms with E-state index in [1.807, 2.05) is 0 Å². The van der Waals surface area contributed by atoms with Gasteiger partial charge in [-0.2, -0.15) is 0 Å². The van der Waals surface area contributed by atoms with E-state index >= 15 is 0 Å². The maximum atomic E-state index is 10.7. The van der Waals surface area contributed by atoms with E-state index in [1.165, 1.54) is 5.01 Å². The van der Waals surface area contributed by atoms with E-state index in [0.29, 0.717) is 19.5 Å². The molecule has 0 aromatic carbocycles. The molecule has 6 nitrogen and oxygen atoms in total. The zero-order valence-corrected chi connectivity index (χ0v) is 6.88. The Hall–Kier alpha value is -1.30. The van der Waals surface area contributed by atoms with Crippen molar-refractivity contribution in [3.05, 3.63) is 0 Å². The summed E-state index contributed by atoms with van der Waals surface area (Å²) >= 11 is 0. The quantitative estimate of drug-likeness (QED) is 0.586. The second-order valence-electron chi connectivity index (χ2n) is 3.44. The Morgan fingerprint density at radius 1 is 1.23 bits per heavy atom. The normalized spacial score (nSPS) is 36.6. The first-order valence-electron chi connectivity index (χ1n) is 4.09. The molecule has 3 atom stereocenters. The molecule has 2 N–H and O–H groups in total. The van der Waals surface area contributed by atoms with Gasteiger partial charge in [0.1, 0.15) is 6.04 Å². The molecular weight excluding hydrogens is 176 g/mol. The van der Waals surface area contributed by atoms with Gasteiger partial charge in [0.2, 0.25) is 0 Å². The summed E-state index contributed by atoms with van der Waals surface area (Å²) < 4.78 is 0. The van der Waals surface area contributed by atoms with Crippen LogP contribution in [0.25, 0.3) is 0 Å². The number of fused-ring (bicyclic) bond motifs is 2. The van der Waals surface area contributed by atoms with Crippen LogP contribution in [0.1, 0.15) is 6.42 Å². The maximum Gasteiger partial charge on any atom is 0.422 e. The summed E-state index contributed by atoms with van der Waals surface area (Å²) in [5.41, 5.74) is 0. The van der Waals surface area contributed by atoms with Crippen LogP contribution in [-0.2, 0) is 4.79 Å². The summed E-state index contributed by atoms with van der Waals surface area (Å²) in [7, 11) is 0. The lowest BCUT2D eigenvalue weighted by Gasteiger charge is -2.30. The van der Waals surface area contributed by atoms with Gasteiger partial charge in [0.25, 0.3) is 0 Å². The standard InChI is InChI=1S/C7H10N2O4/c10-6(11)5-1-4-2-8(5)9(3-4)7(12)13/h4-5H,1-3H2,(H,10,11)(H,12,13). The zero-order chi connectivity index (χ0) is 9.59. The van der Waals surface area contributed by atoms with Gasteiger partial charge in [-0.15, -0.1) is 0 Å². The Kier molecular flexibility index (Phi) is 1.66. The third-order valence-electron chi connectivity index (χ3n) is 2.61. The molecule has 2 aliphatic heterocycles. The smallest absolute Gasteiger partial charge is 0.422 e. The summed E-state index contributed by atoms with van der Waals surface area (Å²) in [6.45, 7) is 1.00. The first-order chi connectivity index (χ1) is 6.09. The molecule has 2 fully saturated rings. The molecule has 0 aliphatic carbocycles. The van der Waals surface area contributed by atoms with Gasteiger partial charge in [-0.25, -0.2) is 14.8 Å². The molecular formula is C7H10N2O4. The largest absolute Gasteiger partial charge is 0.480 e. The summed E-state index contributed by atoms with van der Waals surface area (Å²) in [5, 5.41) is 20.0. The van der Waals surface area contributed by atoms with Crippen LogP contribution in [0.5, 0.6) is 0 Å². The van der Waals surface area contributed by atoms with E-state index in [1.54, 1.807) is 0 Å². The molecule has 2 saturated heterocycles. The molecule has 13 heavy (non-hydrogen) atoms. The molecule has 2 rings (SSSR count). The van der Waals surface area contributed by atoms with Gasteiger partial charge in [-0.05, 0) is 12.3 Å². The van der Waals surface area contributed by atoms with Crippen LogP contribution in [0.3, 0.4) is 0 Å². The van der Waals surface area contributed by atoms with E-state index in [4.69, 9.17) is 10.2 Å². The second-order valence-corrected chi connectivity index (χ2v) is 3.44. The maximum absolute atomic E-state index is 10.7. The van der Waals surface area contributed by atoms with E-state index in [2.05, 4.69) is 0 Å². The lowest BCUT2D eigenvalue weighted by Crippen LogP contribution is -2.50. The van der Waals surface area contributed by atoms with Crippen molar-refractivity contribution < 1.29 is 19.8 Å². The van der Waals surface area contributed by atoms with E-state index in [0.717, 1.165) is 5.01 Å². The number of aliphatic carboxylic acids is 1. The lowest BCUT2D eigenvalue weighted by molar-refractivity contribution is -0.148. The third-order valence-corrected chi connectivity index (χ3v) is 2.61. The summed E-state index contributed by atoms with van der Waals surface area (Å²) in [5.74, 6) is -0.745. The Morgan fingerprint density at radius 2 is 1.92 bits per heavy atom. The number of hydrazine groups is 1. The summed E-state index contributed by atoms with van der Waals surface area (Å²) in [6.07, 6.45) is -0.493. The van der Waals surface area contributed by atoms with Crippen molar-refractivity contribution in [2.45, 2.75) is 12.5 Å². The van der Waals surface area contributed by atoms with Gasteiger partial charge in [0.15, 0.2) is 0 Å². The first kappa shape index (κ1) is 8.31. The molecule has 0 spiro atoms. The number of carboxylic acids is 1. The molecule has 6 heteroatoms. The van der Waals surface area contributed by atoms with Crippen molar-refractivity contribution in [3.8, 4) is 0 Å². The Balaban J connectivity index is 2.15. The Labute approximate surface area is 74.3 Å². The molecule has 2 heterocycles. The monoisotopic (exact) mass is 186 g/mol. The van der Waals surface area contributed by atoms with Crippen molar-refractivity contribution in [2.24, 2.45) is 5.92 Å². The van der Waals surface area contributed by atoms with Crippen molar-refractivity contribution in [3.63, 3.8) is 0 Å². The van der Waals surface area contributed by atoms with E-state index in [9.17, 15) is 9.59 Å². The molecule has 72 valence electrons. The fourth-order valence-electron chi connectivity index (χ4n) is 2.07. The molecule has 0 radical (unpaired) electrons. The topological polar surface area (TPSA) is 81.1 Å². The van der Waals surface area contributed by atoms with Crippen molar-refractivity contribution >= 4 is 12.1 Å². The van der Waals surface area contributed by atoms with Crippen LogP contribution in [0, 0.1) is 5.92 Å². The number of amides is 1. The zero-order valence-electron chi connectivity index (χ0n) is 6.88. The predicted molar refractivity (Wildman–Crippen MR) is 41.0 cm³/mol. The Bertz CT molecular complexity index is 243. The Morgan fingerprint density at radius 3 is 2.38 bits per heavy atom. The average Bonchev–Trinajstić information content (AvgIpc) is 2.60. The van der Waals surface area contributed by atoms with Crippen molar-refractivity contribution in [1.82, 2.24) is 10.0 Å². The minimum Gasteiger partial charge on any atom is -0.480 e. The van der Waals surface area contributed by atoms with Crippen LogP contribution in [-0.4, -0.2) is 51.4 Å². The van der Waals surface area contributed by atoms with Crippen LogP contribution in [0.4, 0.5) is 4.79 Å². The number of hydrogen-bond acceptors (Lipinski definition) is 3. The van der Waals surface area contributed by atoms with Gasteiger partial charge in [0, 0.05) is 13.1 Å². The number of carbonyl (C=O) groups is 2. The molecule has 2 aliphatic rings. The number of rotatable bonds is 1. The fourth-order valence-corrected chi connectivity index (χ4v) is 2.07. The molecule has 2 bridgehead atoms. The van der Waals surface area contributed by atoms with Crippen molar-refractivity contribution in [1.29, 1.82) is 0 Å². The van der Waals surface area contributed by atoms with Crippen LogP contribution < -0.4 is 0 Å². The van der Waals surface area contributed by atoms with Gasteiger partial charge >= 0.3 is 12.1 Å². The molecule has 0 aromatic heterocycles. The lowest BCUT2D eigenvalue weighted by atomic mass is 10.1. The minimum absolute atomic E-state index is 0.192. The highest BCUT2D eigenvalue weighted by atomic mass is 16.4.